The van der Waals surface area contributed by atoms with E-state index in [2.05, 4.69) is 4.98 Å². The maximum Gasteiger partial charge on any atom is 0.410 e. The number of pyridine rings is 1. The molecule has 2 aromatic rings. The molecule has 2 heterocycles. The van der Waals surface area contributed by atoms with Gasteiger partial charge in [-0.05, 0) is 24.1 Å². The van der Waals surface area contributed by atoms with Gasteiger partial charge in [-0.25, -0.2) is 4.79 Å². The molecule has 0 aliphatic carbocycles. The summed E-state index contributed by atoms with van der Waals surface area (Å²) in [4.78, 5) is 42.6. The van der Waals surface area contributed by atoms with Gasteiger partial charge in [-0.15, -0.1) is 0 Å². The molecule has 1 saturated heterocycles. The molecule has 0 radical (unpaired) electrons. The van der Waals surface area contributed by atoms with Gasteiger partial charge < -0.3 is 9.64 Å². The minimum atomic E-state index is -0.427. The zero-order valence-electron chi connectivity index (χ0n) is 15.0. The fraction of sp³-hybridized carbons (Fsp3) is 0.333. The van der Waals surface area contributed by atoms with Crippen molar-refractivity contribution in [3.63, 3.8) is 0 Å². The van der Waals surface area contributed by atoms with Crippen molar-refractivity contribution in [1.29, 1.82) is 0 Å². The van der Waals surface area contributed by atoms with Crippen LogP contribution in [0.4, 0.5) is 4.79 Å². The van der Waals surface area contributed by atoms with Crippen molar-refractivity contribution in [2.24, 2.45) is 5.92 Å². The predicted molar refractivity (Wildman–Crippen MR) is 99.1 cm³/mol. The van der Waals surface area contributed by atoms with Gasteiger partial charge in [-0.2, -0.15) is 0 Å². The molecule has 27 heavy (non-hydrogen) atoms. The number of rotatable bonds is 5. The van der Waals surface area contributed by atoms with Crippen LogP contribution in [0.25, 0.3) is 0 Å². The smallest absolute Gasteiger partial charge is 0.410 e. The highest BCUT2D eigenvalue weighted by atomic mass is 16.6. The summed E-state index contributed by atoms with van der Waals surface area (Å²) in [5.41, 5.74) is 1.28. The number of amides is 1. The molecule has 1 fully saturated rings. The van der Waals surface area contributed by atoms with Gasteiger partial charge in [-0.3, -0.25) is 14.6 Å². The van der Waals surface area contributed by atoms with Gasteiger partial charge >= 0.3 is 6.09 Å². The van der Waals surface area contributed by atoms with Gasteiger partial charge in [0.1, 0.15) is 18.1 Å². The Morgan fingerprint density at radius 2 is 1.85 bits per heavy atom. The molecule has 3 rings (SSSR count). The molecule has 1 atom stereocenters. The number of Topliss-reactive ketones (excluding diaryl/α,β-unsaturated/α-hetero) is 2. The van der Waals surface area contributed by atoms with E-state index in [9.17, 15) is 14.4 Å². The molecule has 0 saturated carbocycles. The first-order valence-corrected chi connectivity index (χ1v) is 9.06. The average molecular weight is 366 g/mol. The Labute approximate surface area is 158 Å². The predicted octanol–water partition coefficient (Wildman–Crippen LogP) is 3.27. The van der Waals surface area contributed by atoms with Crippen molar-refractivity contribution >= 4 is 17.7 Å². The van der Waals surface area contributed by atoms with Gasteiger partial charge in [0.25, 0.3) is 0 Å². The Morgan fingerprint density at radius 3 is 2.59 bits per heavy atom. The molecule has 0 spiro atoms. The summed E-state index contributed by atoms with van der Waals surface area (Å²) >= 11 is 0. The third-order valence-corrected chi connectivity index (χ3v) is 4.68. The van der Waals surface area contributed by atoms with Crippen LogP contribution in [-0.4, -0.2) is 40.6 Å². The number of benzene rings is 1. The molecule has 1 unspecified atom stereocenters. The fourth-order valence-corrected chi connectivity index (χ4v) is 3.10. The minimum absolute atomic E-state index is 0.0117. The maximum absolute atomic E-state index is 12.4. The molecule has 6 heteroatoms. The van der Waals surface area contributed by atoms with Gasteiger partial charge in [-0.1, -0.05) is 36.4 Å². The first-order valence-electron chi connectivity index (χ1n) is 9.06. The lowest BCUT2D eigenvalue weighted by Crippen LogP contribution is -2.32. The van der Waals surface area contributed by atoms with Crippen molar-refractivity contribution in [1.82, 2.24) is 9.88 Å². The lowest BCUT2D eigenvalue weighted by atomic mass is 9.92. The average Bonchev–Trinajstić information content (AvgIpc) is 2.89. The van der Waals surface area contributed by atoms with Crippen LogP contribution in [0.15, 0.2) is 54.7 Å². The van der Waals surface area contributed by atoms with E-state index < -0.39 is 6.09 Å². The number of aromatic nitrogens is 1. The van der Waals surface area contributed by atoms with Gasteiger partial charge in [0, 0.05) is 38.0 Å². The maximum atomic E-state index is 12.4. The Balaban J connectivity index is 1.53. The number of carbonyl (C=O) groups excluding carboxylic acids is 3. The van der Waals surface area contributed by atoms with Crippen LogP contribution in [-0.2, 0) is 16.1 Å². The highest BCUT2D eigenvalue weighted by Crippen LogP contribution is 2.20. The standard InChI is InChI=1S/C21H22N2O4/c24-19-10-13-23(21(26)27-15-16-6-2-1-3-7-16)12-9-17(19)14-20(25)18-8-4-5-11-22-18/h1-8,11,17H,9-10,12-15H2. The van der Waals surface area contributed by atoms with E-state index in [1.54, 1.807) is 29.3 Å². The second-order valence-corrected chi connectivity index (χ2v) is 6.57. The van der Waals surface area contributed by atoms with Crippen LogP contribution in [0.5, 0.6) is 0 Å². The van der Waals surface area contributed by atoms with Crippen LogP contribution < -0.4 is 0 Å². The number of ether oxygens (including phenoxy) is 1. The summed E-state index contributed by atoms with van der Waals surface area (Å²) in [6.45, 7) is 0.923. The molecule has 1 aromatic carbocycles. The first kappa shape index (κ1) is 18.8. The molecule has 1 aliphatic heterocycles. The van der Waals surface area contributed by atoms with Gasteiger partial charge in [0.2, 0.25) is 0 Å². The summed E-state index contributed by atoms with van der Waals surface area (Å²) in [5.74, 6) is -0.516. The fourth-order valence-electron chi connectivity index (χ4n) is 3.10. The molecule has 1 aliphatic rings. The topological polar surface area (TPSA) is 76.6 Å². The molecule has 0 N–H and O–H groups in total. The van der Waals surface area contributed by atoms with E-state index >= 15 is 0 Å². The molecule has 140 valence electrons. The zero-order valence-corrected chi connectivity index (χ0v) is 15.0. The summed E-state index contributed by atoms with van der Waals surface area (Å²) in [5, 5.41) is 0. The summed E-state index contributed by atoms with van der Waals surface area (Å²) in [6, 6.07) is 14.6. The van der Waals surface area contributed by atoms with Crippen molar-refractivity contribution in [3.8, 4) is 0 Å². The van der Waals surface area contributed by atoms with Crippen LogP contribution in [0.2, 0.25) is 0 Å². The highest BCUT2D eigenvalue weighted by Gasteiger charge is 2.29. The van der Waals surface area contributed by atoms with Gasteiger partial charge in [0.05, 0.1) is 0 Å². The summed E-state index contributed by atoms with van der Waals surface area (Å²) < 4.78 is 5.34. The second kappa shape index (κ2) is 9.07. The van der Waals surface area contributed by atoms with Crippen molar-refractivity contribution in [2.75, 3.05) is 13.1 Å². The third kappa shape index (κ3) is 5.23. The molecule has 0 bridgehead atoms. The van der Waals surface area contributed by atoms with E-state index in [1.165, 1.54) is 0 Å². The van der Waals surface area contributed by atoms with E-state index in [4.69, 9.17) is 4.74 Å². The molecule has 6 nitrogen and oxygen atoms in total. The summed E-state index contributed by atoms with van der Waals surface area (Å²) in [6.07, 6.45) is 1.96. The van der Waals surface area contributed by atoms with Crippen molar-refractivity contribution < 1.29 is 19.1 Å². The van der Waals surface area contributed by atoms with E-state index in [0.717, 1.165) is 5.56 Å². The lowest BCUT2D eigenvalue weighted by molar-refractivity contribution is -0.122. The van der Waals surface area contributed by atoms with E-state index in [1.807, 2.05) is 30.3 Å². The van der Waals surface area contributed by atoms with E-state index in [-0.39, 0.29) is 36.9 Å². The molecule has 1 amide bonds. The number of nitrogens with zero attached hydrogens (tertiary/aromatic N) is 2. The number of carbonyl (C=O) groups is 3. The normalized spacial score (nSPS) is 17.3. The van der Waals surface area contributed by atoms with Crippen molar-refractivity contribution in [2.45, 2.75) is 25.9 Å². The number of likely N-dealkylation sites (tertiary alicyclic amines) is 1. The minimum Gasteiger partial charge on any atom is -0.445 e. The van der Waals surface area contributed by atoms with Gasteiger partial charge in [0.15, 0.2) is 5.78 Å². The number of hydrogen-bond acceptors (Lipinski definition) is 5. The van der Waals surface area contributed by atoms with Crippen LogP contribution in [0.3, 0.4) is 0 Å². The largest absolute Gasteiger partial charge is 0.445 e. The Hall–Kier alpha value is -3.02. The Kier molecular flexibility index (Phi) is 6.30. The molecular formula is C21H22N2O4. The monoisotopic (exact) mass is 366 g/mol. The van der Waals surface area contributed by atoms with E-state index in [0.29, 0.717) is 25.2 Å². The molecular weight excluding hydrogens is 344 g/mol. The first-order chi connectivity index (χ1) is 13.1. The number of ketones is 2. The Morgan fingerprint density at radius 1 is 1.07 bits per heavy atom. The number of hydrogen-bond donors (Lipinski definition) is 0. The van der Waals surface area contributed by atoms with Crippen molar-refractivity contribution in [3.05, 3.63) is 66.0 Å². The summed E-state index contributed by atoms with van der Waals surface area (Å²) in [7, 11) is 0. The SMILES string of the molecule is O=C(CC1CCN(C(=O)OCc2ccccc2)CCC1=O)c1ccccn1. The lowest BCUT2D eigenvalue weighted by Gasteiger charge is -2.19. The highest BCUT2D eigenvalue weighted by molar-refractivity contribution is 5.97. The van der Waals surface area contributed by atoms with Crippen LogP contribution >= 0.6 is 0 Å². The Bertz CT molecular complexity index is 792. The van der Waals surface area contributed by atoms with Crippen LogP contribution in [0, 0.1) is 5.92 Å². The second-order valence-electron chi connectivity index (χ2n) is 6.57. The third-order valence-electron chi connectivity index (χ3n) is 4.68. The zero-order chi connectivity index (χ0) is 19.1. The quantitative estimate of drug-likeness (QED) is 0.759. The van der Waals surface area contributed by atoms with Crippen LogP contribution in [0.1, 0.15) is 35.3 Å². The molecule has 1 aromatic heterocycles.